The summed E-state index contributed by atoms with van der Waals surface area (Å²) in [6, 6.07) is 0. The second-order valence-electron chi connectivity index (χ2n) is 5.14. The van der Waals surface area contributed by atoms with Crippen molar-refractivity contribution in [3.05, 3.63) is 45.7 Å². The number of allylic oxidation sites excluding steroid dienone is 1. The molecule has 0 radical (unpaired) electrons. The third kappa shape index (κ3) is 2.63. The van der Waals surface area contributed by atoms with Crippen LogP contribution in [0, 0.1) is 34.6 Å². The van der Waals surface area contributed by atoms with E-state index in [2.05, 4.69) is 20.8 Å². The molecule has 0 unspecified atom stereocenters. The fraction of sp³-hybridized carbons (Fsp3) is 0.438. The number of hydrogen-bond donors (Lipinski definition) is 0. The van der Waals surface area contributed by atoms with Crippen molar-refractivity contribution in [2.75, 3.05) is 14.1 Å². The zero-order valence-electron chi connectivity index (χ0n) is 12.5. The first-order chi connectivity index (χ1) is 8.27. The number of carbonyl (C=O) groups is 1. The van der Waals surface area contributed by atoms with Gasteiger partial charge in [-0.25, -0.2) is 0 Å². The molecule has 0 fully saturated rings. The lowest BCUT2D eigenvalue weighted by Gasteiger charge is -2.17. The minimum atomic E-state index is 0.0879. The molecule has 0 bridgehead atoms. The van der Waals surface area contributed by atoms with Crippen LogP contribution in [-0.2, 0) is 0 Å². The molecule has 0 amide bonds. The van der Waals surface area contributed by atoms with Crippen molar-refractivity contribution in [3.8, 4) is 0 Å². The molecule has 0 atom stereocenters. The van der Waals surface area contributed by atoms with E-state index in [0.717, 1.165) is 16.7 Å². The molecule has 1 aromatic carbocycles. The van der Waals surface area contributed by atoms with Crippen molar-refractivity contribution in [1.82, 2.24) is 4.90 Å². The van der Waals surface area contributed by atoms with E-state index in [4.69, 9.17) is 0 Å². The highest BCUT2D eigenvalue weighted by Gasteiger charge is 2.16. The summed E-state index contributed by atoms with van der Waals surface area (Å²) in [6.07, 6.45) is 3.44. The molecule has 98 valence electrons. The van der Waals surface area contributed by atoms with Crippen LogP contribution >= 0.6 is 0 Å². The maximum atomic E-state index is 12.3. The van der Waals surface area contributed by atoms with E-state index in [9.17, 15) is 4.79 Å². The van der Waals surface area contributed by atoms with Crippen molar-refractivity contribution in [2.45, 2.75) is 34.6 Å². The summed E-state index contributed by atoms with van der Waals surface area (Å²) >= 11 is 0. The van der Waals surface area contributed by atoms with Crippen LogP contribution in [0.2, 0.25) is 0 Å². The molecule has 1 aromatic rings. The molecule has 2 nitrogen and oxygen atoms in total. The standard InChI is InChI=1S/C16H23NO/c1-10-11(2)13(4)16(14(5)12(10)3)15(18)8-9-17(6)7/h8-9H,1-7H3. The Morgan fingerprint density at radius 1 is 0.833 bits per heavy atom. The molecule has 0 aliphatic carbocycles. The van der Waals surface area contributed by atoms with Gasteiger partial charge in [-0.3, -0.25) is 4.79 Å². The van der Waals surface area contributed by atoms with Gasteiger partial charge in [0.2, 0.25) is 0 Å². The topological polar surface area (TPSA) is 20.3 Å². The fourth-order valence-electron chi connectivity index (χ4n) is 2.17. The van der Waals surface area contributed by atoms with Crippen LogP contribution in [0.25, 0.3) is 0 Å². The van der Waals surface area contributed by atoms with Crippen LogP contribution in [-0.4, -0.2) is 24.8 Å². The second-order valence-corrected chi connectivity index (χ2v) is 5.14. The molecule has 1 rings (SSSR count). The van der Waals surface area contributed by atoms with Gasteiger partial charge in [-0.15, -0.1) is 0 Å². The van der Waals surface area contributed by atoms with Gasteiger partial charge in [-0.05, 0) is 62.4 Å². The molecule has 0 aromatic heterocycles. The number of carbonyl (C=O) groups excluding carboxylic acids is 1. The van der Waals surface area contributed by atoms with Gasteiger partial charge in [-0.2, -0.15) is 0 Å². The van der Waals surface area contributed by atoms with Crippen molar-refractivity contribution in [1.29, 1.82) is 0 Å². The van der Waals surface area contributed by atoms with Gasteiger partial charge >= 0.3 is 0 Å². The van der Waals surface area contributed by atoms with Crippen molar-refractivity contribution in [2.24, 2.45) is 0 Å². The van der Waals surface area contributed by atoms with E-state index in [-0.39, 0.29) is 5.78 Å². The summed E-state index contributed by atoms with van der Waals surface area (Å²) in [5.41, 5.74) is 6.79. The van der Waals surface area contributed by atoms with Crippen LogP contribution in [0.15, 0.2) is 12.3 Å². The zero-order chi connectivity index (χ0) is 14.0. The van der Waals surface area contributed by atoms with Gasteiger partial charge in [0.05, 0.1) is 0 Å². The Bertz CT molecular complexity index is 481. The van der Waals surface area contributed by atoms with Gasteiger partial charge < -0.3 is 4.90 Å². The third-order valence-corrected chi connectivity index (χ3v) is 3.77. The summed E-state index contributed by atoms with van der Waals surface area (Å²) in [5, 5.41) is 0. The van der Waals surface area contributed by atoms with E-state index in [1.807, 2.05) is 32.8 Å². The summed E-state index contributed by atoms with van der Waals surface area (Å²) in [4.78, 5) is 14.2. The van der Waals surface area contributed by atoms with Gasteiger partial charge in [0.1, 0.15) is 0 Å². The molecule has 2 heteroatoms. The van der Waals surface area contributed by atoms with E-state index >= 15 is 0 Å². The zero-order valence-corrected chi connectivity index (χ0v) is 12.5. The fourth-order valence-corrected chi connectivity index (χ4v) is 2.17. The highest BCUT2D eigenvalue weighted by atomic mass is 16.1. The Balaban J connectivity index is 3.38. The lowest BCUT2D eigenvalue weighted by Crippen LogP contribution is -2.09. The predicted molar refractivity (Wildman–Crippen MR) is 77.3 cm³/mol. The van der Waals surface area contributed by atoms with Gasteiger partial charge in [0.15, 0.2) is 5.78 Å². The van der Waals surface area contributed by atoms with Crippen LogP contribution in [0.5, 0.6) is 0 Å². The molecule has 0 saturated carbocycles. The summed E-state index contributed by atoms with van der Waals surface area (Å²) < 4.78 is 0. The van der Waals surface area contributed by atoms with E-state index in [0.29, 0.717) is 0 Å². The number of nitrogens with zero attached hydrogens (tertiary/aromatic N) is 1. The molecule has 0 aliphatic heterocycles. The minimum Gasteiger partial charge on any atom is -0.383 e. The first-order valence-corrected chi connectivity index (χ1v) is 6.23. The first-order valence-electron chi connectivity index (χ1n) is 6.23. The number of ketones is 1. The largest absolute Gasteiger partial charge is 0.383 e. The molecule has 0 aliphatic rings. The normalized spacial score (nSPS) is 11.1. The Kier molecular flexibility index (Phi) is 4.33. The van der Waals surface area contributed by atoms with Crippen LogP contribution < -0.4 is 0 Å². The van der Waals surface area contributed by atoms with Crippen molar-refractivity contribution in [3.63, 3.8) is 0 Å². The third-order valence-electron chi connectivity index (χ3n) is 3.77. The number of rotatable bonds is 3. The first kappa shape index (κ1) is 14.5. The maximum Gasteiger partial charge on any atom is 0.187 e. The van der Waals surface area contributed by atoms with E-state index in [1.54, 1.807) is 12.3 Å². The molecule has 0 heterocycles. The van der Waals surface area contributed by atoms with Crippen LogP contribution in [0.3, 0.4) is 0 Å². The summed E-state index contributed by atoms with van der Waals surface area (Å²) in [7, 11) is 3.82. The summed E-state index contributed by atoms with van der Waals surface area (Å²) in [6.45, 7) is 10.4. The van der Waals surface area contributed by atoms with Crippen molar-refractivity contribution >= 4 is 5.78 Å². The van der Waals surface area contributed by atoms with Gasteiger partial charge in [-0.1, -0.05) is 0 Å². The Labute approximate surface area is 110 Å². The van der Waals surface area contributed by atoms with Gasteiger partial charge in [0, 0.05) is 31.9 Å². The van der Waals surface area contributed by atoms with Crippen molar-refractivity contribution < 1.29 is 4.79 Å². The molecule has 0 spiro atoms. The Morgan fingerprint density at radius 3 is 1.61 bits per heavy atom. The van der Waals surface area contributed by atoms with Crippen LogP contribution in [0.1, 0.15) is 38.2 Å². The van der Waals surface area contributed by atoms with E-state index < -0.39 is 0 Å². The lowest BCUT2D eigenvalue weighted by molar-refractivity contribution is 0.104. The lowest BCUT2D eigenvalue weighted by atomic mass is 9.88. The molecule has 18 heavy (non-hydrogen) atoms. The predicted octanol–water partition coefficient (Wildman–Crippen LogP) is 3.49. The highest BCUT2D eigenvalue weighted by Crippen LogP contribution is 2.26. The summed E-state index contributed by atoms with van der Waals surface area (Å²) in [5.74, 6) is 0.0879. The SMILES string of the molecule is Cc1c(C)c(C)c(C(=O)C=CN(C)C)c(C)c1C. The van der Waals surface area contributed by atoms with E-state index in [1.165, 1.54) is 16.7 Å². The van der Waals surface area contributed by atoms with Crippen LogP contribution in [0.4, 0.5) is 0 Å². The number of benzene rings is 1. The quantitative estimate of drug-likeness (QED) is 0.600. The Hall–Kier alpha value is -1.57. The highest BCUT2D eigenvalue weighted by molar-refractivity contribution is 6.07. The maximum absolute atomic E-state index is 12.3. The smallest absolute Gasteiger partial charge is 0.187 e. The molecular formula is C16H23NO. The molecular weight excluding hydrogens is 222 g/mol. The monoisotopic (exact) mass is 245 g/mol. The molecule has 0 N–H and O–H groups in total. The molecule has 0 saturated heterocycles. The van der Waals surface area contributed by atoms with Gasteiger partial charge in [0.25, 0.3) is 0 Å². The second kappa shape index (κ2) is 5.38. The average Bonchev–Trinajstić information content (AvgIpc) is 2.31. The minimum absolute atomic E-state index is 0.0879. The average molecular weight is 245 g/mol. The Morgan fingerprint density at radius 2 is 1.22 bits per heavy atom. The number of hydrogen-bond acceptors (Lipinski definition) is 2.